The van der Waals surface area contributed by atoms with Gasteiger partial charge in [-0.2, -0.15) is 4.98 Å². The highest BCUT2D eigenvalue weighted by Crippen LogP contribution is 2.26. The lowest BCUT2D eigenvalue weighted by molar-refractivity contribution is 0.432. The zero-order valence-electron chi connectivity index (χ0n) is 11.5. The summed E-state index contributed by atoms with van der Waals surface area (Å²) in [5.74, 6) is 1.07. The van der Waals surface area contributed by atoms with Gasteiger partial charge < -0.3 is 4.52 Å². The number of benzene rings is 3. The molecule has 22 heavy (non-hydrogen) atoms. The molecule has 4 heteroatoms. The maximum atomic E-state index is 5.89. The summed E-state index contributed by atoms with van der Waals surface area (Å²) >= 11 is 5.89. The second kappa shape index (κ2) is 5.28. The van der Waals surface area contributed by atoms with E-state index < -0.39 is 0 Å². The molecule has 1 aromatic heterocycles. The Labute approximate surface area is 132 Å². The second-order valence-electron chi connectivity index (χ2n) is 4.99. The fraction of sp³-hybridized carbons (Fsp3) is 0. The van der Waals surface area contributed by atoms with Crippen LogP contribution in [0.4, 0.5) is 0 Å². The van der Waals surface area contributed by atoms with Gasteiger partial charge in [0, 0.05) is 16.1 Å². The van der Waals surface area contributed by atoms with Gasteiger partial charge in [0.2, 0.25) is 5.82 Å². The van der Waals surface area contributed by atoms with E-state index in [-0.39, 0.29) is 0 Å². The predicted molar refractivity (Wildman–Crippen MR) is 87.7 cm³/mol. The minimum Gasteiger partial charge on any atom is -0.334 e. The van der Waals surface area contributed by atoms with Crippen LogP contribution in [0.2, 0.25) is 5.02 Å². The van der Waals surface area contributed by atoms with Crippen LogP contribution in [-0.4, -0.2) is 10.1 Å². The van der Waals surface area contributed by atoms with E-state index in [4.69, 9.17) is 16.1 Å². The predicted octanol–water partition coefficient (Wildman–Crippen LogP) is 5.21. The second-order valence-corrected chi connectivity index (χ2v) is 5.43. The Morgan fingerprint density at radius 3 is 2.32 bits per heavy atom. The van der Waals surface area contributed by atoms with E-state index in [2.05, 4.69) is 34.4 Å². The number of hydrogen-bond acceptors (Lipinski definition) is 3. The summed E-state index contributed by atoms with van der Waals surface area (Å²) in [6, 6.07) is 21.6. The standard InChI is InChI=1S/C18H11ClN2O/c19-16-9-7-13(8-10-16)17-20-18(22-21-17)15-6-5-12-3-1-2-4-14(12)11-15/h1-11H. The number of nitrogens with zero attached hydrogens (tertiary/aromatic N) is 2. The largest absolute Gasteiger partial charge is 0.334 e. The summed E-state index contributed by atoms with van der Waals surface area (Å²) in [5.41, 5.74) is 1.78. The number of hydrogen-bond donors (Lipinski definition) is 0. The smallest absolute Gasteiger partial charge is 0.258 e. The molecule has 3 nitrogen and oxygen atoms in total. The van der Waals surface area contributed by atoms with Crippen LogP contribution >= 0.6 is 11.6 Å². The van der Waals surface area contributed by atoms with Crippen LogP contribution in [-0.2, 0) is 0 Å². The Balaban J connectivity index is 1.74. The van der Waals surface area contributed by atoms with Crippen molar-refractivity contribution in [1.82, 2.24) is 10.1 Å². The van der Waals surface area contributed by atoms with E-state index in [0.29, 0.717) is 16.7 Å². The Bertz CT molecular complexity index is 945. The van der Waals surface area contributed by atoms with E-state index in [1.54, 1.807) is 0 Å². The molecule has 3 aromatic carbocycles. The Morgan fingerprint density at radius 2 is 1.50 bits per heavy atom. The molecule has 4 aromatic rings. The minimum atomic E-state index is 0.510. The average molecular weight is 307 g/mol. The van der Waals surface area contributed by atoms with Crippen LogP contribution in [0.25, 0.3) is 33.6 Å². The zero-order valence-corrected chi connectivity index (χ0v) is 12.3. The lowest BCUT2D eigenvalue weighted by atomic mass is 10.1. The van der Waals surface area contributed by atoms with Crippen molar-refractivity contribution in [2.45, 2.75) is 0 Å². The van der Waals surface area contributed by atoms with Gasteiger partial charge in [-0.3, -0.25) is 0 Å². The third-order valence-electron chi connectivity index (χ3n) is 3.52. The molecular weight excluding hydrogens is 296 g/mol. The molecule has 0 radical (unpaired) electrons. The molecule has 0 aliphatic rings. The van der Waals surface area contributed by atoms with E-state index in [0.717, 1.165) is 16.5 Å². The van der Waals surface area contributed by atoms with Gasteiger partial charge in [0.25, 0.3) is 5.89 Å². The fourth-order valence-corrected chi connectivity index (χ4v) is 2.51. The lowest BCUT2D eigenvalue weighted by Crippen LogP contribution is -1.81. The molecule has 0 unspecified atom stereocenters. The Kier molecular flexibility index (Phi) is 3.13. The summed E-state index contributed by atoms with van der Waals surface area (Å²) in [6.45, 7) is 0. The van der Waals surface area contributed by atoms with E-state index >= 15 is 0 Å². The molecule has 0 atom stereocenters. The van der Waals surface area contributed by atoms with Crippen LogP contribution in [0.15, 0.2) is 71.3 Å². The summed E-state index contributed by atoms with van der Waals surface area (Å²) in [4.78, 5) is 4.47. The van der Waals surface area contributed by atoms with Crippen molar-refractivity contribution < 1.29 is 4.52 Å². The van der Waals surface area contributed by atoms with Crippen molar-refractivity contribution in [2.75, 3.05) is 0 Å². The van der Waals surface area contributed by atoms with Gasteiger partial charge in [-0.05, 0) is 47.2 Å². The molecule has 0 aliphatic heterocycles. The monoisotopic (exact) mass is 306 g/mol. The lowest BCUT2D eigenvalue weighted by Gasteiger charge is -1.99. The van der Waals surface area contributed by atoms with Gasteiger partial charge >= 0.3 is 0 Å². The normalized spacial score (nSPS) is 11.0. The summed E-state index contributed by atoms with van der Waals surface area (Å²) in [7, 11) is 0. The van der Waals surface area contributed by atoms with Gasteiger partial charge in [-0.1, -0.05) is 47.1 Å². The molecule has 4 rings (SSSR count). The van der Waals surface area contributed by atoms with Crippen LogP contribution in [0.5, 0.6) is 0 Å². The molecule has 0 aliphatic carbocycles. The highest BCUT2D eigenvalue weighted by molar-refractivity contribution is 6.30. The number of aromatic nitrogens is 2. The van der Waals surface area contributed by atoms with Crippen molar-refractivity contribution >= 4 is 22.4 Å². The molecule has 0 fully saturated rings. The Hall–Kier alpha value is -2.65. The summed E-state index contributed by atoms with van der Waals surface area (Å²) in [5, 5.41) is 7.05. The Morgan fingerprint density at radius 1 is 0.773 bits per heavy atom. The third-order valence-corrected chi connectivity index (χ3v) is 3.78. The number of rotatable bonds is 2. The van der Waals surface area contributed by atoms with E-state index in [9.17, 15) is 0 Å². The van der Waals surface area contributed by atoms with E-state index in [1.807, 2.05) is 42.5 Å². The maximum absolute atomic E-state index is 5.89. The van der Waals surface area contributed by atoms with Crippen molar-refractivity contribution in [3.63, 3.8) is 0 Å². The highest BCUT2D eigenvalue weighted by Gasteiger charge is 2.11. The highest BCUT2D eigenvalue weighted by atomic mass is 35.5. The van der Waals surface area contributed by atoms with Gasteiger partial charge in [0.05, 0.1) is 0 Å². The first-order chi connectivity index (χ1) is 10.8. The summed E-state index contributed by atoms with van der Waals surface area (Å²) in [6.07, 6.45) is 0. The molecule has 0 saturated heterocycles. The molecular formula is C18H11ClN2O. The zero-order chi connectivity index (χ0) is 14.9. The first-order valence-electron chi connectivity index (χ1n) is 6.88. The number of halogens is 1. The van der Waals surface area contributed by atoms with Crippen LogP contribution in [0.3, 0.4) is 0 Å². The van der Waals surface area contributed by atoms with Gasteiger partial charge in [0.15, 0.2) is 0 Å². The van der Waals surface area contributed by atoms with Crippen LogP contribution in [0.1, 0.15) is 0 Å². The van der Waals surface area contributed by atoms with Crippen LogP contribution in [0, 0.1) is 0 Å². The van der Waals surface area contributed by atoms with Crippen molar-refractivity contribution in [1.29, 1.82) is 0 Å². The van der Waals surface area contributed by atoms with E-state index in [1.165, 1.54) is 5.39 Å². The average Bonchev–Trinajstić information content (AvgIpc) is 3.05. The van der Waals surface area contributed by atoms with Crippen molar-refractivity contribution in [3.05, 3.63) is 71.8 Å². The first kappa shape index (κ1) is 13.0. The SMILES string of the molecule is Clc1ccc(-c2noc(-c3ccc4ccccc4c3)n2)cc1. The summed E-state index contributed by atoms with van der Waals surface area (Å²) < 4.78 is 5.39. The van der Waals surface area contributed by atoms with Crippen molar-refractivity contribution in [3.8, 4) is 22.8 Å². The molecule has 0 saturated carbocycles. The van der Waals surface area contributed by atoms with Gasteiger partial charge in [0.1, 0.15) is 0 Å². The third kappa shape index (κ3) is 2.36. The topological polar surface area (TPSA) is 38.9 Å². The minimum absolute atomic E-state index is 0.510. The molecule has 106 valence electrons. The maximum Gasteiger partial charge on any atom is 0.258 e. The molecule has 1 heterocycles. The van der Waals surface area contributed by atoms with Gasteiger partial charge in [-0.25, -0.2) is 0 Å². The van der Waals surface area contributed by atoms with Gasteiger partial charge in [-0.15, -0.1) is 0 Å². The molecule has 0 spiro atoms. The quantitative estimate of drug-likeness (QED) is 0.510. The molecule has 0 bridgehead atoms. The molecule has 0 amide bonds. The first-order valence-corrected chi connectivity index (χ1v) is 7.26. The fourth-order valence-electron chi connectivity index (χ4n) is 2.38. The molecule has 0 N–H and O–H groups in total. The van der Waals surface area contributed by atoms with Crippen LogP contribution < -0.4 is 0 Å². The van der Waals surface area contributed by atoms with Crippen molar-refractivity contribution in [2.24, 2.45) is 0 Å². The number of fused-ring (bicyclic) bond motifs is 1.